The van der Waals surface area contributed by atoms with E-state index in [1.807, 2.05) is 13.8 Å². The molecule has 0 aliphatic carbocycles. The first kappa shape index (κ1) is 26.8. The topological polar surface area (TPSA) is 56.7 Å². The maximum absolute atomic E-state index is 14.7. The maximum atomic E-state index is 14.7. The molecule has 0 radical (unpaired) electrons. The van der Waals surface area contributed by atoms with Gasteiger partial charge in [0.25, 0.3) is 0 Å². The molecule has 0 spiro atoms. The number of aldehydes is 1. The summed E-state index contributed by atoms with van der Waals surface area (Å²) in [5, 5.41) is 6.12. The average Bonchev–Trinajstić information content (AvgIpc) is 3.16. The monoisotopic (exact) mass is 472 g/mol. The summed E-state index contributed by atoms with van der Waals surface area (Å²) in [7, 11) is 3.45. The van der Waals surface area contributed by atoms with Gasteiger partial charge in [0.1, 0.15) is 11.5 Å². The molecule has 0 amide bonds. The van der Waals surface area contributed by atoms with E-state index in [0.717, 1.165) is 0 Å². The van der Waals surface area contributed by atoms with Crippen molar-refractivity contribution >= 4 is 47.2 Å². The molecule has 1 saturated heterocycles. The Balaban J connectivity index is 0.00000233. The first-order valence-corrected chi connectivity index (χ1v) is 10.4. The Kier molecular flexibility index (Phi) is 10.4. The predicted octanol–water partition coefficient (Wildman–Crippen LogP) is 5.76. The zero-order valence-corrected chi connectivity index (χ0v) is 19.7. The van der Waals surface area contributed by atoms with E-state index >= 15 is 0 Å². The second kappa shape index (κ2) is 12.0. The fourth-order valence-electron chi connectivity index (χ4n) is 3.17. The highest BCUT2D eigenvalue weighted by Crippen LogP contribution is 2.40. The molecular formula is C22H28Cl2F2N4O. The highest BCUT2D eigenvalue weighted by Gasteiger charge is 2.41. The third kappa shape index (κ3) is 6.63. The van der Waals surface area contributed by atoms with E-state index in [1.165, 1.54) is 18.5 Å². The normalized spacial score (nSPS) is 18.7. The molecule has 1 fully saturated rings. The lowest BCUT2D eigenvalue weighted by atomic mass is 9.86. The van der Waals surface area contributed by atoms with Crippen LogP contribution in [0.1, 0.15) is 30.6 Å². The summed E-state index contributed by atoms with van der Waals surface area (Å²) >= 11 is 12.1. The van der Waals surface area contributed by atoms with Gasteiger partial charge < -0.3 is 15.5 Å². The molecule has 1 aromatic rings. The Hall–Kier alpha value is -2.22. The minimum atomic E-state index is -1.05. The van der Waals surface area contributed by atoms with Crippen LogP contribution in [-0.2, 0) is 0 Å². The van der Waals surface area contributed by atoms with Gasteiger partial charge in [-0.25, -0.2) is 13.8 Å². The number of aliphatic imine (C=N–C) groups is 1. The smallest absolute Gasteiger partial charge is 0.152 e. The fourth-order valence-corrected chi connectivity index (χ4v) is 3.54. The SMILES string of the molecule is C=C(Cl)/C(Cl)=C(\C(=C)F)C1(Nc2cc(F)c(N=CN(C)C)c(C=O)c2)CCNC1.CC. The average molecular weight is 473 g/mol. The van der Waals surface area contributed by atoms with E-state index < -0.39 is 17.2 Å². The third-order valence-corrected chi connectivity index (χ3v) is 5.09. The molecule has 0 saturated carbocycles. The van der Waals surface area contributed by atoms with Crippen LogP contribution < -0.4 is 10.6 Å². The predicted molar refractivity (Wildman–Crippen MR) is 127 cm³/mol. The zero-order chi connectivity index (χ0) is 23.8. The van der Waals surface area contributed by atoms with Crippen LogP contribution >= 0.6 is 23.2 Å². The summed E-state index contributed by atoms with van der Waals surface area (Å²) in [4.78, 5) is 17.1. The van der Waals surface area contributed by atoms with Crippen molar-refractivity contribution in [2.75, 3.05) is 32.5 Å². The van der Waals surface area contributed by atoms with Gasteiger partial charge in [-0.15, -0.1) is 0 Å². The van der Waals surface area contributed by atoms with Crippen molar-refractivity contribution in [1.82, 2.24) is 10.2 Å². The number of hydrogen-bond donors (Lipinski definition) is 2. The van der Waals surface area contributed by atoms with Gasteiger partial charge in [0.2, 0.25) is 0 Å². The van der Waals surface area contributed by atoms with Crippen molar-refractivity contribution in [3.05, 3.63) is 58.1 Å². The number of benzene rings is 1. The van der Waals surface area contributed by atoms with Crippen LogP contribution in [0, 0.1) is 5.82 Å². The number of anilines is 1. The third-order valence-electron chi connectivity index (χ3n) is 4.38. The van der Waals surface area contributed by atoms with E-state index in [2.05, 4.69) is 28.8 Å². The second-order valence-electron chi connectivity index (χ2n) is 6.85. The van der Waals surface area contributed by atoms with Crippen LogP contribution in [0.5, 0.6) is 0 Å². The molecule has 1 aliphatic heterocycles. The molecule has 2 rings (SSSR count). The number of allylic oxidation sites excluding steroid dienone is 2. The van der Waals surface area contributed by atoms with Crippen LogP contribution in [0.2, 0.25) is 0 Å². The molecule has 9 heteroatoms. The first-order chi connectivity index (χ1) is 14.6. The van der Waals surface area contributed by atoms with Gasteiger partial charge in [-0.2, -0.15) is 0 Å². The lowest BCUT2D eigenvalue weighted by molar-refractivity contribution is 0.112. The quantitative estimate of drug-likeness (QED) is 0.218. The summed E-state index contributed by atoms with van der Waals surface area (Å²) in [6.45, 7) is 11.7. The van der Waals surface area contributed by atoms with Gasteiger partial charge in [0, 0.05) is 37.5 Å². The molecule has 0 bridgehead atoms. The molecule has 170 valence electrons. The van der Waals surface area contributed by atoms with Crippen molar-refractivity contribution in [3.8, 4) is 0 Å². The Morgan fingerprint density at radius 3 is 2.42 bits per heavy atom. The number of halogens is 4. The van der Waals surface area contributed by atoms with Crippen molar-refractivity contribution in [2.45, 2.75) is 25.8 Å². The highest BCUT2D eigenvalue weighted by molar-refractivity contribution is 6.44. The summed E-state index contributed by atoms with van der Waals surface area (Å²) < 4.78 is 29.1. The molecule has 31 heavy (non-hydrogen) atoms. The van der Waals surface area contributed by atoms with E-state index in [0.29, 0.717) is 19.3 Å². The van der Waals surface area contributed by atoms with E-state index in [1.54, 1.807) is 19.0 Å². The fraction of sp³-hybridized carbons (Fsp3) is 0.364. The van der Waals surface area contributed by atoms with Crippen LogP contribution in [0.3, 0.4) is 0 Å². The molecule has 0 aromatic heterocycles. The Morgan fingerprint density at radius 2 is 1.97 bits per heavy atom. The molecule has 2 N–H and O–H groups in total. The molecule has 1 atom stereocenters. The summed E-state index contributed by atoms with van der Waals surface area (Å²) in [6, 6.07) is 2.64. The minimum Gasteiger partial charge on any atom is -0.374 e. The molecule has 5 nitrogen and oxygen atoms in total. The van der Waals surface area contributed by atoms with E-state index in [-0.39, 0.29) is 39.1 Å². The van der Waals surface area contributed by atoms with Gasteiger partial charge in [0.05, 0.1) is 21.9 Å². The molecule has 1 aromatic carbocycles. The lowest BCUT2D eigenvalue weighted by Crippen LogP contribution is -2.43. The number of carbonyl (C=O) groups excluding carboxylic acids is 1. The summed E-state index contributed by atoms with van der Waals surface area (Å²) in [5.41, 5.74) is -0.797. The maximum Gasteiger partial charge on any atom is 0.152 e. The molecule has 1 aliphatic rings. The number of nitrogens with one attached hydrogen (secondary N) is 2. The molecule has 1 heterocycles. The number of hydrogen-bond acceptors (Lipinski definition) is 4. The van der Waals surface area contributed by atoms with Crippen molar-refractivity contribution in [1.29, 1.82) is 0 Å². The first-order valence-electron chi connectivity index (χ1n) is 9.69. The summed E-state index contributed by atoms with van der Waals surface area (Å²) in [5.74, 6) is -1.48. The second-order valence-corrected chi connectivity index (χ2v) is 7.69. The van der Waals surface area contributed by atoms with Crippen molar-refractivity contribution in [3.63, 3.8) is 0 Å². The van der Waals surface area contributed by atoms with Crippen molar-refractivity contribution < 1.29 is 13.6 Å². The largest absolute Gasteiger partial charge is 0.374 e. The van der Waals surface area contributed by atoms with E-state index in [4.69, 9.17) is 23.2 Å². The Bertz CT molecular complexity index is 892. The number of carbonyl (C=O) groups is 1. The highest BCUT2D eigenvalue weighted by atomic mass is 35.5. The Labute approximate surface area is 192 Å². The van der Waals surface area contributed by atoms with Gasteiger partial charge in [-0.1, -0.05) is 50.2 Å². The van der Waals surface area contributed by atoms with Gasteiger partial charge in [-0.05, 0) is 25.1 Å². The van der Waals surface area contributed by atoms with Crippen LogP contribution in [-0.4, -0.2) is 50.2 Å². The van der Waals surface area contributed by atoms with Crippen LogP contribution in [0.4, 0.5) is 20.2 Å². The summed E-state index contributed by atoms with van der Waals surface area (Å²) in [6.07, 6.45) is 2.32. The van der Waals surface area contributed by atoms with Crippen LogP contribution in [0.15, 0.2) is 51.7 Å². The van der Waals surface area contributed by atoms with E-state index in [9.17, 15) is 13.6 Å². The lowest BCUT2D eigenvalue weighted by Gasteiger charge is -2.34. The minimum absolute atomic E-state index is 0.0342. The number of rotatable bonds is 8. The van der Waals surface area contributed by atoms with Crippen LogP contribution in [0.25, 0.3) is 0 Å². The van der Waals surface area contributed by atoms with Gasteiger partial charge in [-0.3, -0.25) is 4.79 Å². The van der Waals surface area contributed by atoms with Gasteiger partial charge >= 0.3 is 0 Å². The molecule has 1 unspecified atom stereocenters. The standard InChI is InChI=1S/C20H22Cl2F2N4O.C2H6/c1-12(21)18(22)17(13(2)23)20(5-6-25-10-20)27-15-7-14(9-29)19(16(24)8-15)26-11-28(3)4;1-2/h7-9,11,25,27H,1-2,5-6,10H2,3-4H3;1-2H3/b18-17-,26-11?;. The zero-order valence-electron chi connectivity index (χ0n) is 18.2. The van der Waals surface area contributed by atoms with Gasteiger partial charge in [0.15, 0.2) is 12.1 Å². The van der Waals surface area contributed by atoms with Crippen molar-refractivity contribution in [2.24, 2.45) is 4.99 Å². The Morgan fingerprint density at radius 1 is 1.32 bits per heavy atom. The molecular weight excluding hydrogens is 445 g/mol. The number of nitrogens with zero attached hydrogens (tertiary/aromatic N) is 2.